The van der Waals surface area contributed by atoms with Crippen molar-refractivity contribution in [2.45, 2.75) is 25.4 Å². The minimum Gasteiger partial charge on any atom is -0.478 e. The number of benzene rings is 2. The Morgan fingerprint density at radius 2 is 1.81 bits per heavy atom. The van der Waals surface area contributed by atoms with E-state index in [0.717, 1.165) is 27.8 Å². The van der Waals surface area contributed by atoms with E-state index in [0.29, 0.717) is 9.59 Å². The molecule has 2 N–H and O–H groups in total. The highest BCUT2D eigenvalue weighted by Gasteiger charge is 2.39. The number of rotatable bonds is 7. The van der Waals surface area contributed by atoms with Gasteiger partial charge in [0.25, 0.3) is 0 Å². The summed E-state index contributed by atoms with van der Waals surface area (Å²) >= 11 is 5.86. The molecule has 0 fully saturated rings. The van der Waals surface area contributed by atoms with Gasteiger partial charge in [-0.15, -0.1) is 10.2 Å². The molecular weight excluding hydrogens is 512 g/mol. The zero-order chi connectivity index (χ0) is 26.2. The Morgan fingerprint density at radius 1 is 1.11 bits per heavy atom. The lowest BCUT2D eigenvalue weighted by molar-refractivity contribution is -0.207. The molecule has 0 aliphatic carbocycles. The molecule has 188 valence electrons. The molecule has 36 heavy (non-hydrogen) atoms. The summed E-state index contributed by atoms with van der Waals surface area (Å²) in [4.78, 5) is 28.4. The van der Waals surface area contributed by atoms with Gasteiger partial charge in [-0.05, 0) is 42.5 Å². The van der Waals surface area contributed by atoms with E-state index in [2.05, 4.69) is 15.2 Å². The molecular formula is C21H15ClF4N6O4. The second-order valence-electron chi connectivity index (χ2n) is 7.51. The zero-order valence-corrected chi connectivity index (χ0v) is 18.7. The second kappa shape index (κ2) is 9.54. The topological polar surface area (TPSA) is 128 Å². The van der Waals surface area contributed by atoms with Crippen molar-refractivity contribution in [1.29, 1.82) is 0 Å². The van der Waals surface area contributed by atoms with E-state index in [-0.39, 0.29) is 28.5 Å². The van der Waals surface area contributed by atoms with Crippen molar-refractivity contribution in [2.75, 3.05) is 0 Å². The number of halogens is 5. The molecule has 0 bridgehead atoms. The molecule has 0 amide bonds. The van der Waals surface area contributed by atoms with Gasteiger partial charge >= 0.3 is 17.8 Å². The Kier molecular flexibility index (Phi) is 6.65. The lowest BCUT2D eigenvalue weighted by atomic mass is 10.2. The van der Waals surface area contributed by atoms with Gasteiger partial charge in [-0.1, -0.05) is 11.6 Å². The Morgan fingerprint density at radius 3 is 2.44 bits per heavy atom. The average Bonchev–Trinajstić information content (AvgIpc) is 3.39. The van der Waals surface area contributed by atoms with Crippen molar-refractivity contribution >= 4 is 17.6 Å². The maximum Gasteiger partial charge on any atom is 0.416 e. The average molecular weight is 527 g/mol. The number of hydrogen-bond donors (Lipinski definition) is 2. The summed E-state index contributed by atoms with van der Waals surface area (Å²) in [5.74, 6) is -2.38. The molecule has 4 rings (SSSR count). The molecule has 0 saturated carbocycles. The first-order chi connectivity index (χ1) is 16.9. The molecule has 0 aliphatic heterocycles. The van der Waals surface area contributed by atoms with Crippen molar-refractivity contribution in [2.24, 2.45) is 0 Å². The largest absolute Gasteiger partial charge is 0.478 e. The number of nitrogens with zero attached hydrogens (tertiary/aromatic N) is 6. The highest BCUT2D eigenvalue weighted by Crippen LogP contribution is 2.24. The Labute approximate surface area is 203 Å². The van der Waals surface area contributed by atoms with Crippen molar-refractivity contribution in [3.63, 3.8) is 0 Å². The quantitative estimate of drug-likeness (QED) is 0.354. The van der Waals surface area contributed by atoms with Gasteiger partial charge in [0.2, 0.25) is 0 Å². The number of alkyl halides is 3. The molecule has 10 nitrogen and oxygen atoms in total. The van der Waals surface area contributed by atoms with E-state index >= 15 is 0 Å². The molecule has 0 aliphatic rings. The molecule has 0 radical (unpaired) electrons. The van der Waals surface area contributed by atoms with Crippen LogP contribution in [0.4, 0.5) is 17.6 Å². The van der Waals surface area contributed by atoms with Crippen LogP contribution in [0.25, 0.3) is 17.1 Å². The van der Waals surface area contributed by atoms with Crippen LogP contribution in [0.3, 0.4) is 0 Å². The third-order valence-electron chi connectivity index (χ3n) is 5.02. The number of aliphatic hydroxyl groups is 1. The zero-order valence-electron chi connectivity index (χ0n) is 17.9. The predicted molar refractivity (Wildman–Crippen MR) is 116 cm³/mol. The van der Waals surface area contributed by atoms with E-state index in [4.69, 9.17) is 11.6 Å². The van der Waals surface area contributed by atoms with Gasteiger partial charge in [0.1, 0.15) is 18.7 Å². The Balaban J connectivity index is 1.71. The van der Waals surface area contributed by atoms with Gasteiger partial charge in [-0.3, -0.25) is 4.57 Å². The third-order valence-corrected chi connectivity index (χ3v) is 5.28. The standard InChI is InChI=1S/C21H15ClF4N6O4/c22-12-3-1-11(2-4-12)18-29-31(20(36)30(18)8-16(33)21(24,25)26)9-17-27-10-32(28-17)15-6-5-13(23)7-14(15)19(34)35/h1-7,10,16,33H,8-9H2,(H,34,35). The highest BCUT2D eigenvalue weighted by atomic mass is 35.5. The van der Waals surface area contributed by atoms with Crippen LogP contribution >= 0.6 is 11.6 Å². The Bertz CT molecular complexity index is 1480. The normalized spacial score (nSPS) is 12.6. The van der Waals surface area contributed by atoms with Crippen LogP contribution < -0.4 is 5.69 Å². The van der Waals surface area contributed by atoms with Crippen LogP contribution in [0.1, 0.15) is 16.2 Å². The number of aliphatic hydroxyl groups excluding tert-OH is 1. The first-order valence-electron chi connectivity index (χ1n) is 10.1. The minimum absolute atomic E-state index is 0.00400. The molecule has 4 aromatic rings. The molecule has 15 heteroatoms. The number of carboxylic acids is 1. The van der Waals surface area contributed by atoms with Gasteiger partial charge in [0, 0.05) is 10.6 Å². The minimum atomic E-state index is -4.98. The summed E-state index contributed by atoms with van der Waals surface area (Å²) in [6.07, 6.45) is -6.68. The van der Waals surface area contributed by atoms with Gasteiger partial charge < -0.3 is 10.2 Å². The summed E-state index contributed by atoms with van der Waals surface area (Å²) < 4.78 is 55.0. The van der Waals surface area contributed by atoms with Gasteiger partial charge in [-0.25, -0.2) is 28.3 Å². The van der Waals surface area contributed by atoms with Crippen LogP contribution in [0.15, 0.2) is 53.6 Å². The molecule has 2 aromatic heterocycles. The smallest absolute Gasteiger partial charge is 0.416 e. The van der Waals surface area contributed by atoms with E-state index in [1.54, 1.807) is 0 Å². The molecule has 2 heterocycles. The lowest BCUT2D eigenvalue weighted by Gasteiger charge is -2.15. The fourth-order valence-electron chi connectivity index (χ4n) is 3.30. The number of hydrogen-bond acceptors (Lipinski definition) is 6. The summed E-state index contributed by atoms with van der Waals surface area (Å²) in [7, 11) is 0. The van der Waals surface area contributed by atoms with E-state index in [9.17, 15) is 37.4 Å². The van der Waals surface area contributed by atoms with Crippen LogP contribution in [-0.4, -0.2) is 57.6 Å². The molecule has 1 atom stereocenters. The third kappa shape index (κ3) is 5.13. The van der Waals surface area contributed by atoms with Crippen molar-refractivity contribution in [3.8, 4) is 17.1 Å². The first-order valence-corrected chi connectivity index (χ1v) is 10.4. The number of aromatic carboxylic acids is 1. The monoisotopic (exact) mass is 526 g/mol. The van der Waals surface area contributed by atoms with Crippen LogP contribution in [-0.2, 0) is 13.1 Å². The Hall–Kier alpha value is -4.04. The van der Waals surface area contributed by atoms with E-state index < -0.39 is 42.8 Å². The lowest BCUT2D eigenvalue weighted by Crippen LogP contribution is -2.37. The van der Waals surface area contributed by atoms with Crippen molar-refractivity contribution < 1.29 is 32.6 Å². The number of aromatic nitrogens is 6. The molecule has 1 unspecified atom stereocenters. The maximum absolute atomic E-state index is 13.5. The fourth-order valence-corrected chi connectivity index (χ4v) is 3.42. The van der Waals surface area contributed by atoms with Gasteiger partial charge in [0.15, 0.2) is 17.8 Å². The van der Waals surface area contributed by atoms with E-state index in [1.807, 2.05) is 0 Å². The molecule has 0 saturated heterocycles. The summed E-state index contributed by atoms with van der Waals surface area (Å²) in [5, 5.41) is 27.4. The van der Waals surface area contributed by atoms with Crippen molar-refractivity contribution in [3.05, 3.63) is 81.5 Å². The van der Waals surface area contributed by atoms with Crippen LogP contribution in [0.5, 0.6) is 0 Å². The molecule has 0 spiro atoms. The molecule has 2 aromatic carbocycles. The summed E-state index contributed by atoms with van der Waals surface area (Å²) in [6, 6.07) is 8.80. The first kappa shape index (κ1) is 25.1. The van der Waals surface area contributed by atoms with E-state index in [1.165, 1.54) is 30.3 Å². The summed E-state index contributed by atoms with van der Waals surface area (Å²) in [5.41, 5.74) is -1.11. The SMILES string of the molecule is O=C(O)c1cc(F)ccc1-n1cnc(Cn2nc(-c3ccc(Cl)cc3)n(CC(O)C(F)(F)F)c2=O)n1. The number of carboxylic acid groups (broad SMARTS) is 1. The summed E-state index contributed by atoms with van der Waals surface area (Å²) in [6.45, 7) is -1.51. The van der Waals surface area contributed by atoms with Gasteiger partial charge in [-0.2, -0.15) is 13.2 Å². The predicted octanol–water partition coefficient (Wildman–Crippen LogP) is 2.75. The number of carbonyl (C=O) groups is 1. The highest BCUT2D eigenvalue weighted by molar-refractivity contribution is 6.30. The van der Waals surface area contributed by atoms with Crippen molar-refractivity contribution in [1.82, 2.24) is 29.1 Å². The van der Waals surface area contributed by atoms with Crippen LogP contribution in [0, 0.1) is 5.82 Å². The van der Waals surface area contributed by atoms with Crippen LogP contribution in [0.2, 0.25) is 5.02 Å². The fraction of sp³-hybridized carbons (Fsp3) is 0.190. The second-order valence-corrected chi connectivity index (χ2v) is 7.95. The maximum atomic E-state index is 13.5. The van der Waals surface area contributed by atoms with Gasteiger partial charge in [0.05, 0.1) is 17.8 Å².